The summed E-state index contributed by atoms with van der Waals surface area (Å²) in [6.45, 7) is 6.13. The molecule has 0 saturated carbocycles. The fraction of sp³-hybridized carbons (Fsp3) is 0.538. The highest BCUT2D eigenvalue weighted by atomic mass is 32.2. The largest absolute Gasteiger partial charge is 0.397 e. The van der Waals surface area contributed by atoms with E-state index in [9.17, 15) is 8.42 Å². The van der Waals surface area contributed by atoms with Crippen LogP contribution in [0.3, 0.4) is 0 Å². The Morgan fingerprint density at radius 2 is 2.10 bits per heavy atom. The minimum absolute atomic E-state index is 0.171. The number of anilines is 2. The van der Waals surface area contributed by atoms with Gasteiger partial charge < -0.3 is 15.4 Å². The average Bonchev–Trinajstić information content (AvgIpc) is 2.39. The molecule has 2 rings (SSSR count). The van der Waals surface area contributed by atoms with Crippen molar-refractivity contribution in [2.75, 3.05) is 37.4 Å². The van der Waals surface area contributed by atoms with Crippen LogP contribution in [0, 0.1) is 0 Å². The summed E-state index contributed by atoms with van der Waals surface area (Å²) in [4.78, 5) is 2.33. The molecule has 0 unspecified atom stereocenters. The van der Waals surface area contributed by atoms with Crippen molar-refractivity contribution in [3.05, 3.63) is 18.2 Å². The smallest absolute Gasteiger partial charge is 0.240 e. The van der Waals surface area contributed by atoms with E-state index in [2.05, 4.69) is 23.5 Å². The van der Waals surface area contributed by atoms with E-state index in [-0.39, 0.29) is 10.4 Å². The second-order valence-electron chi connectivity index (χ2n) is 5.44. The Kier molecular flexibility index (Phi) is 3.95. The number of sulfonamides is 1. The Morgan fingerprint density at radius 1 is 1.40 bits per heavy atom. The molecule has 20 heavy (non-hydrogen) atoms. The van der Waals surface area contributed by atoms with E-state index in [1.54, 1.807) is 12.1 Å². The standard InChI is InChI=1S/C13H21N3O3S/c1-13(2)9-19-7-6-16(13)12-5-4-10(8-11(12)14)20(17,18)15-3/h4-5,8,15H,6-7,9,14H2,1-3H3. The highest BCUT2D eigenvalue weighted by molar-refractivity contribution is 7.89. The Balaban J connectivity index is 2.40. The minimum atomic E-state index is -3.47. The van der Waals surface area contributed by atoms with E-state index < -0.39 is 10.0 Å². The third-order valence-corrected chi connectivity index (χ3v) is 4.93. The van der Waals surface area contributed by atoms with Gasteiger partial charge in [0, 0.05) is 6.54 Å². The molecule has 1 aliphatic rings. The zero-order valence-corrected chi connectivity index (χ0v) is 12.8. The van der Waals surface area contributed by atoms with Crippen LogP contribution in [0.5, 0.6) is 0 Å². The monoisotopic (exact) mass is 299 g/mol. The lowest BCUT2D eigenvalue weighted by Crippen LogP contribution is -2.53. The molecule has 0 bridgehead atoms. The van der Waals surface area contributed by atoms with Crippen LogP contribution in [-0.4, -0.2) is 40.8 Å². The summed E-state index contributed by atoms with van der Waals surface area (Å²) in [7, 11) is -2.09. The number of nitrogens with two attached hydrogens (primary N) is 1. The first-order valence-electron chi connectivity index (χ1n) is 6.46. The number of rotatable bonds is 3. The fourth-order valence-corrected chi connectivity index (χ4v) is 3.13. The van der Waals surface area contributed by atoms with Crippen LogP contribution in [0.1, 0.15) is 13.8 Å². The van der Waals surface area contributed by atoms with Gasteiger partial charge in [-0.25, -0.2) is 13.1 Å². The molecule has 1 aliphatic heterocycles. The Hall–Kier alpha value is -1.31. The molecule has 6 nitrogen and oxygen atoms in total. The van der Waals surface area contributed by atoms with Gasteiger partial charge in [-0.2, -0.15) is 0 Å². The van der Waals surface area contributed by atoms with Gasteiger partial charge in [-0.3, -0.25) is 0 Å². The summed E-state index contributed by atoms with van der Waals surface area (Å²) in [5, 5.41) is 0. The molecule has 1 saturated heterocycles. The van der Waals surface area contributed by atoms with Gasteiger partial charge >= 0.3 is 0 Å². The summed E-state index contributed by atoms with van der Waals surface area (Å²) >= 11 is 0. The molecule has 0 aliphatic carbocycles. The van der Waals surface area contributed by atoms with Gasteiger partial charge in [-0.1, -0.05) is 0 Å². The lowest BCUT2D eigenvalue weighted by molar-refractivity contribution is 0.0645. The first-order valence-corrected chi connectivity index (χ1v) is 7.95. The van der Waals surface area contributed by atoms with Crippen molar-refractivity contribution in [3.63, 3.8) is 0 Å². The first-order chi connectivity index (χ1) is 9.28. The lowest BCUT2D eigenvalue weighted by Gasteiger charge is -2.44. The summed E-state index contributed by atoms with van der Waals surface area (Å²) in [5.41, 5.74) is 7.18. The minimum Gasteiger partial charge on any atom is -0.397 e. The second kappa shape index (κ2) is 5.23. The van der Waals surface area contributed by atoms with E-state index in [0.717, 1.165) is 12.2 Å². The number of hydrogen-bond acceptors (Lipinski definition) is 5. The molecule has 3 N–H and O–H groups in total. The summed E-state index contributed by atoms with van der Waals surface area (Å²) in [6.07, 6.45) is 0. The maximum Gasteiger partial charge on any atom is 0.240 e. The van der Waals surface area contributed by atoms with E-state index in [1.165, 1.54) is 13.1 Å². The molecule has 0 aromatic heterocycles. The van der Waals surface area contributed by atoms with Crippen LogP contribution in [0.25, 0.3) is 0 Å². The van der Waals surface area contributed by atoms with Crippen LogP contribution in [0.4, 0.5) is 11.4 Å². The van der Waals surface area contributed by atoms with Gasteiger partial charge in [-0.05, 0) is 39.1 Å². The highest BCUT2D eigenvalue weighted by Crippen LogP contribution is 2.32. The maximum absolute atomic E-state index is 11.8. The molecule has 1 aromatic carbocycles. The number of nitrogens with one attached hydrogen (secondary N) is 1. The number of benzene rings is 1. The first kappa shape index (κ1) is 15.1. The van der Waals surface area contributed by atoms with Crippen molar-refractivity contribution in [1.29, 1.82) is 0 Å². The van der Waals surface area contributed by atoms with Crippen molar-refractivity contribution in [1.82, 2.24) is 4.72 Å². The third kappa shape index (κ3) is 2.74. The quantitative estimate of drug-likeness (QED) is 0.806. The van der Waals surface area contributed by atoms with Gasteiger partial charge in [0.05, 0.1) is 35.0 Å². The van der Waals surface area contributed by atoms with E-state index >= 15 is 0 Å². The molecule has 0 amide bonds. The molecular weight excluding hydrogens is 278 g/mol. The number of nitrogen functional groups attached to an aromatic ring is 1. The van der Waals surface area contributed by atoms with E-state index in [0.29, 0.717) is 18.9 Å². The van der Waals surface area contributed by atoms with Crippen molar-refractivity contribution in [2.45, 2.75) is 24.3 Å². The van der Waals surface area contributed by atoms with Gasteiger partial charge in [0.25, 0.3) is 0 Å². The van der Waals surface area contributed by atoms with Crippen LogP contribution in [0.15, 0.2) is 23.1 Å². The normalized spacial score (nSPS) is 19.1. The Labute approximate surface area is 120 Å². The van der Waals surface area contributed by atoms with Crippen molar-refractivity contribution >= 4 is 21.4 Å². The summed E-state index contributed by atoms with van der Waals surface area (Å²) < 4.78 is 31.3. The lowest BCUT2D eigenvalue weighted by atomic mass is 10.0. The zero-order chi connectivity index (χ0) is 15.0. The van der Waals surface area contributed by atoms with Crippen LogP contribution in [0.2, 0.25) is 0 Å². The SMILES string of the molecule is CNS(=O)(=O)c1ccc(N2CCOCC2(C)C)c(N)c1. The van der Waals surface area contributed by atoms with Crippen molar-refractivity contribution < 1.29 is 13.2 Å². The number of ether oxygens (including phenoxy) is 1. The number of nitrogens with zero attached hydrogens (tertiary/aromatic N) is 1. The van der Waals surface area contributed by atoms with Gasteiger partial charge in [-0.15, -0.1) is 0 Å². The van der Waals surface area contributed by atoms with Gasteiger partial charge in [0.15, 0.2) is 0 Å². The molecule has 1 aromatic rings. The van der Waals surface area contributed by atoms with Crippen molar-refractivity contribution in [2.24, 2.45) is 0 Å². The predicted octanol–water partition coefficient (Wildman–Crippen LogP) is 0.792. The van der Waals surface area contributed by atoms with Crippen molar-refractivity contribution in [3.8, 4) is 0 Å². The number of morpholine rings is 1. The molecule has 1 heterocycles. The predicted molar refractivity (Wildman–Crippen MR) is 79.3 cm³/mol. The fourth-order valence-electron chi connectivity index (χ4n) is 2.37. The third-order valence-electron chi connectivity index (χ3n) is 3.51. The van der Waals surface area contributed by atoms with Crippen LogP contribution in [-0.2, 0) is 14.8 Å². The molecule has 0 radical (unpaired) electrons. The average molecular weight is 299 g/mol. The molecule has 0 atom stereocenters. The molecular formula is C13H21N3O3S. The topological polar surface area (TPSA) is 84.7 Å². The molecule has 0 spiro atoms. The zero-order valence-electron chi connectivity index (χ0n) is 12.0. The summed E-state index contributed by atoms with van der Waals surface area (Å²) in [5.74, 6) is 0. The summed E-state index contributed by atoms with van der Waals surface area (Å²) in [6, 6.07) is 4.82. The highest BCUT2D eigenvalue weighted by Gasteiger charge is 2.32. The van der Waals surface area contributed by atoms with Gasteiger partial charge in [0.2, 0.25) is 10.0 Å². The maximum atomic E-state index is 11.8. The number of hydrogen-bond donors (Lipinski definition) is 2. The Bertz CT molecular complexity index is 599. The molecule has 1 fully saturated rings. The van der Waals surface area contributed by atoms with Crippen LogP contribution >= 0.6 is 0 Å². The van der Waals surface area contributed by atoms with E-state index in [4.69, 9.17) is 10.5 Å². The van der Waals surface area contributed by atoms with Crippen LogP contribution < -0.4 is 15.4 Å². The second-order valence-corrected chi connectivity index (χ2v) is 7.33. The molecule has 112 valence electrons. The van der Waals surface area contributed by atoms with Gasteiger partial charge in [0.1, 0.15) is 0 Å². The Morgan fingerprint density at radius 3 is 2.65 bits per heavy atom. The van der Waals surface area contributed by atoms with E-state index in [1.807, 2.05) is 0 Å². The molecule has 7 heteroatoms.